The van der Waals surface area contributed by atoms with Crippen LogP contribution in [0.2, 0.25) is 5.02 Å². The Morgan fingerprint density at radius 2 is 2.17 bits per heavy atom. The number of aromatic nitrogens is 2. The van der Waals surface area contributed by atoms with Gasteiger partial charge < -0.3 is 10.0 Å². The van der Waals surface area contributed by atoms with E-state index in [-0.39, 0.29) is 18.6 Å². The average molecular weight is 348 g/mol. The van der Waals surface area contributed by atoms with E-state index in [2.05, 4.69) is 5.10 Å². The van der Waals surface area contributed by atoms with Gasteiger partial charge >= 0.3 is 0 Å². The number of benzene rings is 1. The van der Waals surface area contributed by atoms with Gasteiger partial charge in [0.15, 0.2) is 5.69 Å². The molecular weight excluding hydrogens is 326 g/mol. The van der Waals surface area contributed by atoms with Crippen molar-refractivity contribution in [1.82, 2.24) is 14.7 Å². The van der Waals surface area contributed by atoms with Gasteiger partial charge in [0.25, 0.3) is 5.91 Å². The van der Waals surface area contributed by atoms with Crippen LogP contribution in [-0.4, -0.2) is 44.9 Å². The third-order valence-corrected chi connectivity index (χ3v) is 4.86. The third kappa shape index (κ3) is 3.32. The Morgan fingerprint density at radius 3 is 2.92 bits per heavy atom. The quantitative estimate of drug-likeness (QED) is 0.923. The van der Waals surface area contributed by atoms with E-state index < -0.39 is 0 Å². The standard InChI is InChI=1S/C18H22ClN3O2/c1-13-12-16(20-22(13)17-8-3-2-7-15(17)19)18(24)21-10-5-4-6-14(21)9-11-23/h2-3,7-8,12,14,23H,4-6,9-11H2,1H3. The summed E-state index contributed by atoms with van der Waals surface area (Å²) in [6, 6.07) is 9.35. The molecule has 2 aromatic rings. The van der Waals surface area contributed by atoms with Crippen molar-refractivity contribution in [2.75, 3.05) is 13.2 Å². The number of aliphatic hydroxyl groups is 1. The molecule has 0 saturated carbocycles. The molecule has 1 aliphatic heterocycles. The number of amides is 1. The maximum absolute atomic E-state index is 12.9. The van der Waals surface area contributed by atoms with Gasteiger partial charge in [-0.3, -0.25) is 4.79 Å². The van der Waals surface area contributed by atoms with Crippen molar-refractivity contribution in [2.24, 2.45) is 0 Å². The summed E-state index contributed by atoms with van der Waals surface area (Å²) in [6.07, 6.45) is 3.66. The van der Waals surface area contributed by atoms with E-state index in [1.807, 2.05) is 30.0 Å². The largest absolute Gasteiger partial charge is 0.396 e. The monoisotopic (exact) mass is 347 g/mol. The summed E-state index contributed by atoms with van der Waals surface area (Å²) < 4.78 is 1.71. The first-order chi connectivity index (χ1) is 11.6. The second kappa shape index (κ2) is 7.36. The normalized spacial score (nSPS) is 18.0. The highest BCUT2D eigenvalue weighted by atomic mass is 35.5. The van der Waals surface area contributed by atoms with Gasteiger partial charge in [-0.05, 0) is 50.8 Å². The second-order valence-electron chi connectivity index (χ2n) is 6.19. The smallest absolute Gasteiger partial charge is 0.274 e. The van der Waals surface area contributed by atoms with Crippen molar-refractivity contribution in [3.8, 4) is 5.69 Å². The SMILES string of the molecule is Cc1cc(C(=O)N2CCCCC2CCO)nn1-c1ccccc1Cl. The maximum Gasteiger partial charge on any atom is 0.274 e. The number of aryl methyl sites for hydroxylation is 1. The van der Waals surface area contributed by atoms with Gasteiger partial charge in [0.1, 0.15) is 0 Å². The Bertz CT molecular complexity index is 727. The van der Waals surface area contributed by atoms with Gasteiger partial charge in [0.05, 0.1) is 10.7 Å². The van der Waals surface area contributed by atoms with Crippen LogP contribution in [0.4, 0.5) is 0 Å². The van der Waals surface area contributed by atoms with E-state index in [1.54, 1.807) is 16.8 Å². The van der Waals surface area contributed by atoms with Crippen molar-refractivity contribution < 1.29 is 9.90 Å². The van der Waals surface area contributed by atoms with Crippen molar-refractivity contribution in [3.63, 3.8) is 0 Å². The third-order valence-electron chi connectivity index (χ3n) is 4.54. The predicted molar refractivity (Wildman–Crippen MR) is 93.7 cm³/mol. The number of para-hydroxylation sites is 1. The highest BCUT2D eigenvalue weighted by Gasteiger charge is 2.29. The number of halogens is 1. The molecule has 1 amide bonds. The van der Waals surface area contributed by atoms with E-state index in [9.17, 15) is 9.90 Å². The molecule has 1 saturated heterocycles. The zero-order valence-corrected chi connectivity index (χ0v) is 14.5. The minimum atomic E-state index is -0.0675. The van der Waals surface area contributed by atoms with E-state index in [0.717, 1.165) is 37.2 Å². The molecule has 1 N–H and O–H groups in total. The van der Waals surface area contributed by atoms with E-state index >= 15 is 0 Å². The molecule has 24 heavy (non-hydrogen) atoms. The molecule has 6 heteroatoms. The number of aliphatic hydroxyl groups excluding tert-OH is 1. The first kappa shape index (κ1) is 17.0. The highest BCUT2D eigenvalue weighted by molar-refractivity contribution is 6.32. The molecular formula is C18H22ClN3O2. The summed E-state index contributed by atoms with van der Waals surface area (Å²) in [5.41, 5.74) is 2.06. The van der Waals surface area contributed by atoms with Gasteiger partial charge in [-0.1, -0.05) is 23.7 Å². The number of piperidine rings is 1. The molecule has 128 valence electrons. The van der Waals surface area contributed by atoms with Crippen molar-refractivity contribution in [1.29, 1.82) is 0 Å². The van der Waals surface area contributed by atoms with Crippen molar-refractivity contribution >= 4 is 17.5 Å². The van der Waals surface area contributed by atoms with Gasteiger partial charge in [0, 0.05) is 24.9 Å². The number of hydrogen-bond acceptors (Lipinski definition) is 3. The minimum Gasteiger partial charge on any atom is -0.396 e. The number of rotatable bonds is 4. The highest BCUT2D eigenvalue weighted by Crippen LogP contribution is 2.24. The molecule has 0 aliphatic carbocycles. The molecule has 1 fully saturated rings. The van der Waals surface area contributed by atoms with E-state index in [4.69, 9.17) is 11.6 Å². The molecule has 0 spiro atoms. The molecule has 0 bridgehead atoms. The Balaban J connectivity index is 1.89. The average Bonchev–Trinajstić information content (AvgIpc) is 2.97. The van der Waals surface area contributed by atoms with Gasteiger partial charge in [-0.2, -0.15) is 5.10 Å². The van der Waals surface area contributed by atoms with Gasteiger partial charge in [0.2, 0.25) is 0 Å². The van der Waals surface area contributed by atoms with Crippen LogP contribution >= 0.6 is 11.6 Å². The van der Waals surface area contributed by atoms with Crippen LogP contribution in [0.1, 0.15) is 41.9 Å². The number of carbonyl (C=O) groups excluding carboxylic acids is 1. The molecule has 1 aromatic heterocycles. The molecule has 3 rings (SSSR count). The fourth-order valence-electron chi connectivity index (χ4n) is 3.31. The summed E-state index contributed by atoms with van der Waals surface area (Å²) in [4.78, 5) is 14.8. The fraction of sp³-hybridized carbons (Fsp3) is 0.444. The van der Waals surface area contributed by atoms with Crippen LogP contribution in [0.25, 0.3) is 5.69 Å². The Hall–Kier alpha value is -1.85. The van der Waals surface area contributed by atoms with Crippen LogP contribution in [0, 0.1) is 6.92 Å². The number of carbonyl (C=O) groups is 1. The Labute approximate surface area is 146 Å². The lowest BCUT2D eigenvalue weighted by molar-refractivity contribution is 0.0568. The van der Waals surface area contributed by atoms with Crippen LogP contribution in [0.5, 0.6) is 0 Å². The lowest BCUT2D eigenvalue weighted by Gasteiger charge is -2.35. The lowest BCUT2D eigenvalue weighted by atomic mass is 9.99. The summed E-state index contributed by atoms with van der Waals surface area (Å²) >= 11 is 6.25. The number of nitrogens with zero attached hydrogens (tertiary/aromatic N) is 3. The first-order valence-corrected chi connectivity index (χ1v) is 8.73. The molecule has 1 unspecified atom stereocenters. The summed E-state index contributed by atoms with van der Waals surface area (Å²) in [5, 5.41) is 14.3. The molecule has 1 aromatic carbocycles. The number of likely N-dealkylation sites (tertiary alicyclic amines) is 1. The molecule has 0 radical (unpaired) electrons. The minimum absolute atomic E-state index is 0.0675. The molecule has 1 atom stereocenters. The van der Waals surface area contributed by atoms with Crippen molar-refractivity contribution in [2.45, 2.75) is 38.6 Å². The van der Waals surface area contributed by atoms with Crippen LogP contribution in [0.3, 0.4) is 0 Å². The van der Waals surface area contributed by atoms with E-state index in [1.165, 1.54) is 0 Å². The second-order valence-corrected chi connectivity index (χ2v) is 6.60. The van der Waals surface area contributed by atoms with Gasteiger partial charge in [-0.15, -0.1) is 0 Å². The summed E-state index contributed by atoms with van der Waals surface area (Å²) in [6.45, 7) is 2.73. The molecule has 5 nitrogen and oxygen atoms in total. The van der Waals surface area contributed by atoms with Crippen LogP contribution in [0.15, 0.2) is 30.3 Å². The summed E-state index contributed by atoms with van der Waals surface area (Å²) in [5.74, 6) is -0.0675. The molecule has 1 aliphatic rings. The van der Waals surface area contributed by atoms with E-state index in [0.29, 0.717) is 17.1 Å². The lowest BCUT2D eigenvalue weighted by Crippen LogP contribution is -2.44. The fourth-order valence-corrected chi connectivity index (χ4v) is 3.53. The zero-order valence-electron chi connectivity index (χ0n) is 13.8. The summed E-state index contributed by atoms with van der Waals surface area (Å²) in [7, 11) is 0. The van der Waals surface area contributed by atoms with Gasteiger partial charge in [-0.25, -0.2) is 4.68 Å². The van der Waals surface area contributed by atoms with Crippen molar-refractivity contribution in [3.05, 3.63) is 46.7 Å². The zero-order chi connectivity index (χ0) is 17.1. The molecule has 2 heterocycles. The topological polar surface area (TPSA) is 58.4 Å². The maximum atomic E-state index is 12.9. The predicted octanol–water partition coefficient (Wildman–Crippen LogP) is 3.21. The Morgan fingerprint density at radius 1 is 1.38 bits per heavy atom. The number of hydrogen-bond donors (Lipinski definition) is 1. The Kier molecular flexibility index (Phi) is 5.21. The van der Waals surface area contributed by atoms with Crippen LogP contribution < -0.4 is 0 Å². The first-order valence-electron chi connectivity index (χ1n) is 8.35. The van der Waals surface area contributed by atoms with Crippen LogP contribution in [-0.2, 0) is 0 Å².